The Kier molecular flexibility index (Phi) is 4.48. The molecule has 29 heavy (non-hydrogen) atoms. The number of hydrogen-bond acceptors (Lipinski definition) is 6. The van der Waals surface area contributed by atoms with Gasteiger partial charge in [0.15, 0.2) is 5.82 Å². The van der Waals surface area contributed by atoms with Crippen LogP contribution in [0.15, 0.2) is 65.4 Å². The Morgan fingerprint density at radius 3 is 2.83 bits per heavy atom. The van der Waals surface area contributed by atoms with Crippen molar-refractivity contribution in [3.63, 3.8) is 0 Å². The SMILES string of the molecule is O=C(c1ccc2ccccc2n1)N1CCC(Cc2noc(-c3ccncc3)n2)C1. The third-order valence-corrected chi connectivity index (χ3v) is 5.26. The summed E-state index contributed by atoms with van der Waals surface area (Å²) in [6.07, 6.45) is 4.99. The lowest BCUT2D eigenvalue weighted by atomic mass is 10.1. The van der Waals surface area contributed by atoms with Gasteiger partial charge in [0.05, 0.1) is 5.52 Å². The molecule has 1 atom stereocenters. The molecular formula is C22H19N5O2. The van der Waals surface area contributed by atoms with E-state index in [9.17, 15) is 4.79 Å². The summed E-state index contributed by atoms with van der Waals surface area (Å²) in [5.74, 6) is 1.44. The molecule has 4 heterocycles. The number of likely N-dealkylation sites (tertiary alicyclic amines) is 1. The van der Waals surface area contributed by atoms with Crippen molar-refractivity contribution in [1.82, 2.24) is 25.0 Å². The molecule has 0 spiro atoms. The van der Waals surface area contributed by atoms with Crippen LogP contribution in [0.1, 0.15) is 22.7 Å². The zero-order chi connectivity index (χ0) is 19.6. The highest BCUT2D eigenvalue weighted by atomic mass is 16.5. The molecule has 0 aliphatic carbocycles. The van der Waals surface area contributed by atoms with Crippen LogP contribution in [0, 0.1) is 5.92 Å². The van der Waals surface area contributed by atoms with E-state index in [0.717, 1.165) is 22.9 Å². The Balaban J connectivity index is 1.25. The second kappa shape index (κ2) is 7.43. The number of aromatic nitrogens is 4. The van der Waals surface area contributed by atoms with Gasteiger partial charge >= 0.3 is 0 Å². The maximum Gasteiger partial charge on any atom is 0.272 e. The molecule has 7 nitrogen and oxygen atoms in total. The zero-order valence-corrected chi connectivity index (χ0v) is 15.7. The van der Waals surface area contributed by atoms with E-state index in [-0.39, 0.29) is 5.91 Å². The summed E-state index contributed by atoms with van der Waals surface area (Å²) >= 11 is 0. The summed E-state index contributed by atoms with van der Waals surface area (Å²) in [5.41, 5.74) is 2.18. The van der Waals surface area contributed by atoms with Crippen molar-refractivity contribution in [2.75, 3.05) is 13.1 Å². The van der Waals surface area contributed by atoms with Gasteiger partial charge < -0.3 is 9.42 Å². The number of rotatable bonds is 4. The van der Waals surface area contributed by atoms with Gasteiger partial charge in [-0.05, 0) is 36.6 Å². The molecule has 0 bridgehead atoms. The topological polar surface area (TPSA) is 85.0 Å². The van der Waals surface area contributed by atoms with Crippen LogP contribution in [0.4, 0.5) is 0 Å². The molecule has 1 aliphatic heterocycles. The van der Waals surface area contributed by atoms with Crippen LogP contribution >= 0.6 is 0 Å². The van der Waals surface area contributed by atoms with Gasteiger partial charge in [0.25, 0.3) is 11.8 Å². The Bertz CT molecular complexity index is 1160. The van der Waals surface area contributed by atoms with Crippen LogP contribution in [-0.2, 0) is 6.42 Å². The molecule has 7 heteroatoms. The van der Waals surface area contributed by atoms with Crippen molar-refractivity contribution in [2.45, 2.75) is 12.8 Å². The highest BCUT2D eigenvalue weighted by Crippen LogP contribution is 2.23. The maximum absolute atomic E-state index is 12.9. The third-order valence-electron chi connectivity index (χ3n) is 5.26. The van der Waals surface area contributed by atoms with Crippen molar-refractivity contribution in [3.05, 3.63) is 72.4 Å². The predicted octanol–water partition coefficient (Wildman–Crippen LogP) is 3.38. The lowest BCUT2D eigenvalue weighted by Crippen LogP contribution is -2.29. The van der Waals surface area contributed by atoms with Gasteiger partial charge in [0.2, 0.25) is 0 Å². The fourth-order valence-electron chi connectivity index (χ4n) is 3.74. The summed E-state index contributed by atoms with van der Waals surface area (Å²) in [4.78, 5) is 27.8. The van der Waals surface area contributed by atoms with Crippen LogP contribution in [0.25, 0.3) is 22.4 Å². The van der Waals surface area contributed by atoms with Crippen LogP contribution < -0.4 is 0 Å². The number of carbonyl (C=O) groups is 1. The van der Waals surface area contributed by atoms with Crippen LogP contribution in [0.2, 0.25) is 0 Å². The van der Waals surface area contributed by atoms with Crippen molar-refractivity contribution >= 4 is 16.8 Å². The fourth-order valence-corrected chi connectivity index (χ4v) is 3.74. The van der Waals surface area contributed by atoms with Crippen molar-refractivity contribution in [2.24, 2.45) is 5.92 Å². The van der Waals surface area contributed by atoms with E-state index in [4.69, 9.17) is 4.52 Å². The molecule has 144 valence electrons. The highest BCUT2D eigenvalue weighted by molar-refractivity contribution is 5.95. The van der Waals surface area contributed by atoms with Gasteiger partial charge in [0, 0.05) is 42.9 Å². The van der Waals surface area contributed by atoms with E-state index < -0.39 is 0 Å². The molecule has 0 saturated carbocycles. The summed E-state index contributed by atoms with van der Waals surface area (Å²) in [7, 11) is 0. The Morgan fingerprint density at radius 1 is 1.07 bits per heavy atom. The van der Waals surface area contributed by atoms with E-state index in [2.05, 4.69) is 20.1 Å². The lowest BCUT2D eigenvalue weighted by molar-refractivity contribution is 0.0781. The second-order valence-electron chi connectivity index (χ2n) is 7.25. The molecule has 1 aliphatic rings. The average Bonchev–Trinajstić information content (AvgIpc) is 3.44. The largest absolute Gasteiger partial charge is 0.337 e. The molecule has 1 saturated heterocycles. The minimum atomic E-state index is -0.0242. The van der Waals surface area contributed by atoms with Crippen molar-refractivity contribution < 1.29 is 9.32 Å². The first-order chi connectivity index (χ1) is 14.3. The molecule has 1 aromatic carbocycles. The van der Waals surface area contributed by atoms with Crippen molar-refractivity contribution in [3.8, 4) is 11.5 Å². The number of fused-ring (bicyclic) bond motifs is 1. The summed E-state index contributed by atoms with van der Waals surface area (Å²) in [6.45, 7) is 1.39. The number of benzene rings is 1. The van der Waals surface area contributed by atoms with Crippen molar-refractivity contribution in [1.29, 1.82) is 0 Å². The van der Waals surface area contributed by atoms with E-state index in [1.807, 2.05) is 47.4 Å². The first-order valence-corrected chi connectivity index (χ1v) is 9.64. The molecule has 0 N–H and O–H groups in total. The summed E-state index contributed by atoms with van der Waals surface area (Å²) in [5, 5.41) is 5.13. The van der Waals surface area contributed by atoms with Gasteiger partial charge in [-0.15, -0.1) is 0 Å². The maximum atomic E-state index is 12.9. The number of amides is 1. The molecule has 1 amide bonds. The van der Waals surface area contributed by atoms with Gasteiger partial charge in [0.1, 0.15) is 5.69 Å². The normalized spacial score (nSPS) is 16.4. The Hall–Kier alpha value is -3.61. The molecule has 0 radical (unpaired) electrons. The van der Waals surface area contributed by atoms with Crippen LogP contribution in [-0.4, -0.2) is 44.0 Å². The van der Waals surface area contributed by atoms with E-state index in [1.54, 1.807) is 18.5 Å². The Labute approximate surface area is 167 Å². The first kappa shape index (κ1) is 17.5. The number of para-hydroxylation sites is 1. The third kappa shape index (κ3) is 3.59. The minimum absolute atomic E-state index is 0.0242. The van der Waals surface area contributed by atoms with Crippen LogP contribution in [0.5, 0.6) is 0 Å². The second-order valence-corrected chi connectivity index (χ2v) is 7.25. The van der Waals surface area contributed by atoms with E-state index in [1.165, 1.54) is 0 Å². The molecule has 4 aromatic rings. The van der Waals surface area contributed by atoms with E-state index >= 15 is 0 Å². The molecule has 1 unspecified atom stereocenters. The number of hydrogen-bond donors (Lipinski definition) is 0. The monoisotopic (exact) mass is 385 g/mol. The quantitative estimate of drug-likeness (QED) is 0.535. The standard InChI is InChI=1S/C22H19N5O2/c28-22(19-6-5-16-3-1-2-4-18(16)24-19)27-12-9-15(14-27)13-20-25-21(29-26-20)17-7-10-23-11-8-17/h1-8,10-11,15H,9,12-14H2. The summed E-state index contributed by atoms with van der Waals surface area (Å²) < 4.78 is 5.37. The van der Waals surface area contributed by atoms with Crippen LogP contribution in [0.3, 0.4) is 0 Å². The predicted molar refractivity (Wildman–Crippen MR) is 107 cm³/mol. The van der Waals surface area contributed by atoms with Gasteiger partial charge in [-0.3, -0.25) is 9.78 Å². The molecular weight excluding hydrogens is 366 g/mol. The lowest BCUT2D eigenvalue weighted by Gasteiger charge is -2.16. The zero-order valence-electron chi connectivity index (χ0n) is 15.7. The van der Waals surface area contributed by atoms with Gasteiger partial charge in [-0.1, -0.05) is 29.4 Å². The highest BCUT2D eigenvalue weighted by Gasteiger charge is 2.29. The summed E-state index contributed by atoms with van der Waals surface area (Å²) in [6, 6.07) is 15.2. The number of nitrogens with zero attached hydrogens (tertiary/aromatic N) is 5. The first-order valence-electron chi connectivity index (χ1n) is 9.64. The molecule has 5 rings (SSSR count). The molecule has 3 aromatic heterocycles. The fraction of sp³-hybridized carbons (Fsp3) is 0.227. The Morgan fingerprint density at radius 2 is 1.93 bits per heavy atom. The molecule has 1 fully saturated rings. The van der Waals surface area contributed by atoms with Gasteiger partial charge in [-0.25, -0.2) is 4.98 Å². The number of pyridine rings is 2. The van der Waals surface area contributed by atoms with E-state index in [0.29, 0.717) is 42.8 Å². The van der Waals surface area contributed by atoms with Gasteiger partial charge in [-0.2, -0.15) is 4.98 Å². The number of carbonyl (C=O) groups excluding carboxylic acids is 1. The average molecular weight is 385 g/mol. The smallest absolute Gasteiger partial charge is 0.272 e. The minimum Gasteiger partial charge on any atom is -0.337 e.